The van der Waals surface area contributed by atoms with Gasteiger partial charge < -0.3 is 15.0 Å². The standard InChI is InChI=1S/C12H22N2O2/c1-12(2,3)10(13-4)11(16)14-7-5-6-9(14)8-15/h8-10,13H,5-7H2,1-4H3. The Balaban J connectivity index is 2.79. The first-order valence-corrected chi connectivity index (χ1v) is 5.85. The molecule has 1 heterocycles. The van der Waals surface area contributed by atoms with Crippen LogP contribution < -0.4 is 5.32 Å². The molecule has 0 aliphatic carbocycles. The molecule has 0 aromatic rings. The molecule has 0 radical (unpaired) electrons. The van der Waals surface area contributed by atoms with E-state index in [4.69, 9.17) is 0 Å². The molecule has 2 atom stereocenters. The van der Waals surface area contributed by atoms with Gasteiger partial charge in [0.1, 0.15) is 6.29 Å². The van der Waals surface area contributed by atoms with E-state index >= 15 is 0 Å². The second-order valence-electron chi connectivity index (χ2n) is 5.47. The number of likely N-dealkylation sites (tertiary alicyclic amines) is 1. The fraction of sp³-hybridized carbons (Fsp3) is 0.833. The number of likely N-dealkylation sites (N-methyl/N-ethyl adjacent to an activating group) is 1. The first-order valence-electron chi connectivity index (χ1n) is 5.85. The normalized spacial score (nSPS) is 23.2. The number of amides is 1. The Kier molecular flexibility index (Phi) is 4.08. The van der Waals surface area contributed by atoms with E-state index in [1.807, 2.05) is 20.8 Å². The van der Waals surface area contributed by atoms with Gasteiger partial charge in [-0.1, -0.05) is 20.8 Å². The van der Waals surface area contributed by atoms with Gasteiger partial charge in [0.15, 0.2) is 0 Å². The Morgan fingerprint density at radius 2 is 2.12 bits per heavy atom. The number of aldehydes is 1. The zero-order chi connectivity index (χ0) is 12.3. The summed E-state index contributed by atoms with van der Waals surface area (Å²) in [5, 5.41) is 3.06. The molecule has 4 nitrogen and oxygen atoms in total. The Labute approximate surface area is 97.4 Å². The first kappa shape index (κ1) is 13.2. The fourth-order valence-corrected chi connectivity index (χ4v) is 2.30. The predicted molar refractivity (Wildman–Crippen MR) is 63.1 cm³/mol. The zero-order valence-corrected chi connectivity index (χ0v) is 10.6. The van der Waals surface area contributed by atoms with Gasteiger partial charge in [0.05, 0.1) is 12.1 Å². The number of nitrogens with zero attached hydrogens (tertiary/aromatic N) is 1. The van der Waals surface area contributed by atoms with Gasteiger partial charge >= 0.3 is 0 Å². The van der Waals surface area contributed by atoms with Crippen LogP contribution in [0.15, 0.2) is 0 Å². The minimum atomic E-state index is -0.229. The topological polar surface area (TPSA) is 49.4 Å². The van der Waals surface area contributed by atoms with Crippen molar-refractivity contribution >= 4 is 12.2 Å². The van der Waals surface area contributed by atoms with Crippen LogP contribution in [0, 0.1) is 5.41 Å². The lowest BCUT2D eigenvalue weighted by Crippen LogP contribution is -2.53. The number of carbonyl (C=O) groups excluding carboxylic acids is 2. The van der Waals surface area contributed by atoms with Crippen molar-refractivity contribution in [1.29, 1.82) is 0 Å². The molecule has 0 saturated carbocycles. The quantitative estimate of drug-likeness (QED) is 0.725. The monoisotopic (exact) mass is 226 g/mol. The van der Waals surface area contributed by atoms with Crippen molar-refractivity contribution < 1.29 is 9.59 Å². The largest absolute Gasteiger partial charge is 0.332 e. The van der Waals surface area contributed by atoms with E-state index in [0.29, 0.717) is 6.54 Å². The lowest BCUT2D eigenvalue weighted by atomic mass is 9.86. The molecule has 1 saturated heterocycles. The van der Waals surface area contributed by atoms with E-state index in [2.05, 4.69) is 5.32 Å². The maximum Gasteiger partial charge on any atom is 0.240 e. The molecular formula is C12H22N2O2. The van der Waals surface area contributed by atoms with Crippen molar-refractivity contribution in [2.75, 3.05) is 13.6 Å². The fourth-order valence-electron chi connectivity index (χ4n) is 2.30. The number of nitrogens with one attached hydrogen (secondary N) is 1. The van der Waals surface area contributed by atoms with E-state index in [0.717, 1.165) is 19.1 Å². The van der Waals surface area contributed by atoms with Crippen molar-refractivity contribution in [2.24, 2.45) is 5.41 Å². The highest BCUT2D eigenvalue weighted by atomic mass is 16.2. The van der Waals surface area contributed by atoms with Crippen molar-refractivity contribution in [1.82, 2.24) is 10.2 Å². The highest BCUT2D eigenvalue weighted by Crippen LogP contribution is 2.24. The Bertz CT molecular complexity index is 271. The summed E-state index contributed by atoms with van der Waals surface area (Å²) >= 11 is 0. The minimum Gasteiger partial charge on any atom is -0.332 e. The Morgan fingerprint density at radius 1 is 1.50 bits per heavy atom. The second kappa shape index (κ2) is 4.95. The summed E-state index contributed by atoms with van der Waals surface area (Å²) in [6.07, 6.45) is 2.62. The molecule has 1 rings (SSSR count). The van der Waals surface area contributed by atoms with Crippen molar-refractivity contribution in [3.63, 3.8) is 0 Å². The Hall–Kier alpha value is -0.900. The molecule has 0 bridgehead atoms. The van der Waals surface area contributed by atoms with E-state index in [1.54, 1.807) is 11.9 Å². The van der Waals surface area contributed by atoms with Gasteiger partial charge in [-0.3, -0.25) is 4.79 Å². The highest BCUT2D eigenvalue weighted by molar-refractivity contribution is 5.85. The van der Waals surface area contributed by atoms with Crippen molar-refractivity contribution in [3.05, 3.63) is 0 Å². The molecule has 1 aliphatic heterocycles. The van der Waals surface area contributed by atoms with Crippen molar-refractivity contribution in [2.45, 2.75) is 45.7 Å². The molecule has 1 aliphatic rings. The molecule has 1 N–H and O–H groups in total. The molecule has 0 aromatic carbocycles. The van der Waals surface area contributed by atoms with E-state index in [-0.39, 0.29) is 23.4 Å². The number of rotatable bonds is 3. The molecule has 92 valence electrons. The molecule has 1 fully saturated rings. The molecule has 4 heteroatoms. The van der Waals surface area contributed by atoms with Gasteiger partial charge in [0.25, 0.3) is 0 Å². The summed E-state index contributed by atoms with van der Waals surface area (Å²) in [5.41, 5.74) is -0.137. The lowest BCUT2D eigenvalue weighted by Gasteiger charge is -2.33. The summed E-state index contributed by atoms with van der Waals surface area (Å²) in [7, 11) is 1.79. The molecule has 16 heavy (non-hydrogen) atoms. The molecule has 1 amide bonds. The number of hydrogen-bond acceptors (Lipinski definition) is 3. The van der Waals surface area contributed by atoms with E-state index in [9.17, 15) is 9.59 Å². The molecule has 0 spiro atoms. The third-order valence-electron chi connectivity index (χ3n) is 3.14. The SMILES string of the molecule is CNC(C(=O)N1CCCC1C=O)C(C)(C)C. The zero-order valence-electron chi connectivity index (χ0n) is 10.6. The van der Waals surface area contributed by atoms with Gasteiger partial charge in [-0.25, -0.2) is 0 Å². The van der Waals surface area contributed by atoms with Crippen LogP contribution in [0.2, 0.25) is 0 Å². The summed E-state index contributed by atoms with van der Waals surface area (Å²) in [4.78, 5) is 24.9. The van der Waals surface area contributed by atoms with Gasteiger partial charge in [-0.15, -0.1) is 0 Å². The van der Waals surface area contributed by atoms with Gasteiger partial charge in [-0.2, -0.15) is 0 Å². The van der Waals surface area contributed by atoms with Crippen LogP contribution in [0.25, 0.3) is 0 Å². The number of hydrogen-bond donors (Lipinski definition) is 1. The summed E-state index contributed by atoms with van der Waals surface area (Å²) in [6, 6.07) is -0.446. The van der Waals surface area contributed by atoms with Crippen LogP contribution in [0.5, 0.6) is 0 Å². The Morgan fingerprint density at radius 3 is 2.56 bits per heavy atom. The second-order valence-corrected chi connectivity index (χ2v) is 5.47. The highest BCUT2D eigenvalue weighted by Gasteiger charge is 2.37. The van der Waals surface area contributed by atoms with Crippen LogP contribution in [-0.2, 0) is 9.59 Å². The number of carbonyl (C=O) groups is 2. The minimum absolute atomic E-state index is 0.0459. The summed E-state index contributed by atoms with van der Waals surface area (Å²) < 4.78 is 0. The van der Waals surface area contributed by atoms with E-state index in [1.165, 1.54) is 0 Å². The van der Waals surface area contributed by atoms with E-state index < -0.39 is 0 Å². The van der Waals surface area contributed by atoms with Crippen LogP contribution in [0.4, 0.5) is 0 Å². The van der Waals surface area contributed by atoms with Crippen LogP contribution >= 0.6 is 0 Å². The third-order valence-corrected chi connectivity index (χ3v) is 3.14. The van der Waals surface area contributed by atoms with Gasteiger partial charge in [0, 0.05) is 6.54 Å². The van der Waals surface area contributed by atoms with Crippen LogP contribution in [-0.4, -0.2) is 42.8 Å². The van der Waals surface area contributed by atoms with Crippen LogP contribution in [0.1, 0.15) is 33.6 Å². The predicted octanol–water partition coefficient (Wildman–Crippen LogP) is 0.810. The first-order chi connectivity index (χ1) is 7.41. The third kappa shape index (κ3) is 2.61. The summed E-state index contributed by atoms with van der Waals surface area (Å²) in [6.45, 7) is 6.78. The maximum atomic E-state index is 12.3. The maximum absolute atomic E-state index is 12.3. The van der Waals surface area contributed by atoms with Crippen molar-refractivity contribution in [3.8, 4) is 0 Å². The molecule has 0 aromatic heterocycles. The molecular weight excluding hydrogens is 204 g/mol. The van der Waals surface area contributed by atoms with Crippen LogP contribution in [0.3, 0.4) is 0 Å². The smallest absolute Gasteiger partial charge is 0.240 e. The summed E-state index contributed by atoms with van der Waals surface area (Å²) in [5.74, 6) is 0.0459. The van der Waals surface area contributed by atoms with Gasteiger partial charge in [0.2, 0.25) is 5.91 Å². The van der Waals surface area contributed by atoms with Gasteiger partial charge in [-0.05, 0) is 25.3 Å². The lowest BCUT2D eigenvalue weighted by molar-refractivity contribution is -0.138. The average Bonchev–Trinajstić information content (AvgIpc) is 2.63. The average molecular weight is 226 g/mol. The molecule has 2 unspecified atom stereocenters.